The Balaban J connectivity index is 2.45. The molecule has 0 radical (unpaired) electrons. The Morgan fingerprint density at radius 3 is 2.37 bits per heavy atom. The van der Waals surface area contributed by atoms with E-state index in [-0.39, 0.29) is 11.0 Å². The van der Waals surface area contributed by atoms with Crippen LogP contribution >= 0.6 is 0 Å². The minimum absolute atomic E-state index is 0.144. The Hall–Kier alpha value is -0.820. The predicted octanol–water partition coefficient (Wildman–Crippen LogP) is 4.69. The van der Waals surface area contributed by atoms with Crippen LogP contribution in [0.1, 0.15) is 63.1 Å². The largest absolute Gasteiger partial charge is 0.321 e. The summed E-state index contributed by atoms with van der Waals surface area (Å²) in [5, 5.41) is 0. The van der Waals surface area contributed by atoms with Gasteiger partial charge in [0.05, 0.1) is 0 Å². The van der Waals surface area contributed by atoms with E-state index in [1.165, 1.54) is 36.0 Å². The van der Waals surface area contributed by atoms with Crippen LogP contribution in [0.5, 0.6) is 0 Å². The SMILES string of the molecule is Cc1ccc(C2(N)CCCCC2C(C)(C)C)cc1C. The normalized spacial score (nSPS) is 28.4. The number of benzene rings is 1. The zero-order valence-corrected chi connectivity index (χ0v) is 13.2. The lowest BCUT2D eigenvalue weighted by atomic mass is 9.60. The molecule has 1 saturated carbocycles. The van der Waals surface area contributed by atoms with Crippen LogP contribution in [0.3, 0.4) is 0 Å². The number of aryl methyl sites for hydroxylation is 2. The summed E-state index contributed by atoms with van der Waals surface area (Å²) in [5.41, 5.74) is 11.1. The summed E-state index contributed by atoms with van der Waals surface area (Å²) in [5.74, 6) is 0.566. The molecule has 1 aromatic carbocycles. The van der Waals surface area contributed by atoms with Gasteiger partial charge in [0.1, 0.15) is 0 Å². The van der Waals surface area contributed by atoms with E-state index in [0.29, 0.717) is 5.92 Å². The van der Waals surface area contributed by atoms with Gasteiger partial charge in [0.25, 0.3) is 0 Å². The van der Waals surface area contributed by atoms with Crippen molar-refractivity contribution in [1.29, 1.82) is 0 Å². The quantitative estimate of drug-likeness (QED) is 0.777. The van der Waals surface area contributed by atoms with Gasteiger partial charge in [-0.3, -0.25) is 0 Å². The van der Waals surface area contributed by atoms with E-state index in [1.54, 1.807) is 0 Å². The third-order valence-electron chi connectivity index (χ3n) is 5.04. The number of rotatable bonds is 1. The second-order valence-electron chi connectivity index (χ2n) is 7.50. The summed E-state index contributed by atoms with van der Waals surface area (Å²) < 4.78 is 0. The summed E-state index contributed by atoms with van der Waals surface area (Å²) in [4.78, 5) is 0. The fourth-order valence-corrected chi connectivity index (χ4v) is 3.78. The summed E-state index contributed by atoms with van der Waals surface area (Å²) in [6, 6.07) is 6.80. The van der Waals surface area contributed by atoms with Gasteiger partial charge in [-0.1, -0.05) is 51.8 Å². The van der Waals surface area contributed by atoms with Crippen molar-refractivity contribution in [1.82, 2.24) is 0 Å². The molecule has 0 aromatic heterocycles. The van der Waals surface area contributed by atoms with Crippen LogP contribution in [-0.4, -0.2) is 0 Å². The molecule has 0 aliphatic heterocycles. The van der Waals surface area contributed by atoms with Crippen LogP contribution in [0.4, 0.5) is 0 Å². The molecule has 106 valence electrons. The smallest absolute Gasteiger partial charge is 0.0443 e. The Bertz CT molecular complexity index is 455. The Kier molecular flexibility index (Phi) is 3.79. The third-order valence-corrected chi connectivity index (χ3v) is 5.04. The Morgan fingerprint density at radius 1 is 1.11 bits per heavy atom. The van der Waals surface area contributed by atoms with E-state index >= 15 is 0 Å². The van der Waals surface area contributed by atoms with E-state index in [0.717, 1.165) is 6.42 Å². The monoisotopic (exact) mass is 259 g/mol. The van der Waals surface area contributed by atoms with E-state index in [1.807, 2.05) is 0 Å². The van der Waals surface area contributed by atoms with Crippen LogP contribution in [-0.2, 0) is 5.54 Å². The topological polar surface area (TPSA) is 26.0 Å². The van der Waals surface area contributed by atoms with Crippen molar-refractivity contribution in [3.05, 3.63) is 34.9 Å². The van der Waals surface area contributed by atoms with Crippen molar-refractivity contribution in [3.8, 4) is 0 Å². The molecular formula is C18H29N. The molecule has 19 heavy (non-hydrogen) atoms. The average Bonchev–Trinajstić information content (AvgIpc) is 2.31. The minimum atomic E-state index is -0.144. The van der Waals surface area contributed by atoms with Crippen LogP contribution in [0.2, 0.25) is 0 Å². The third kappa shape index (κ3) is 2.72. The highest BCUT2D eigenvalue weighted by Crippen LogP contribution is 2.48. The van der Waals surface area contributed by atoms with E-state index in [4.69, 9.17) is 5.73 Å². The molecule has 1 nitrogen and oxygen atoms in total. The zero-order chi connectivity index (χ0) is 14.3. The van der Waals surface area contributed by atoms with E-state index in [9.17, 15) is 0 Å². The highest BCUT2D eigenvalue weighted by molar-refractivity contribution is 5.35. The molecule has 1 aliphatic carbocycles. The molecule has 0 saturated heterocycles. The maximum atomic E-state index is 6.93. The predicted molar refractivity (Wildman–Crippen MR) is 83.2 cm³/mol. The summed E-state index contributed by atoms with van der Waals surface area (Å²) in [6.45, 7) is 11.4. The maximum Gasteiger partial charge on any atom is 0.0443 e. The number of hydrogen-bond acceptors (Lipinski definition) is 1. The lowest BCUT2D eigenvalue weighted by Crippen LogP contribution is -2.51. The summed E-state index contributed by atoms with van der Waals surface area (Å²) >= 11 is 0. The van der Waals surface area contributed by atoms with Crippen molar-refractivity contribution in [2.45, 2.75) is 65.8 Å². The standard InChI is InChI=1S/C18H29N/c1-13-9-10-15(12-14(13)2)18(19)11-7-6-8-16(18)17(3,4)5/h9-10,12,16H,6-8,11,19H2,1-5H3. The highest BCUT2D eigenvalue weighted by Gasteiger charge is 2.44. The molecule has 2 atom stereocenters. The van der Waals surface area contributed by atoms with Crippen LogP contribution in [0, 0.1) is 25.2 Å². The fourth-order valence-electron chi connectivity index (χ4n) is 3.78. The lowest BCUT2D eigenvalue weighted by Gasteiger charge is -2.48. The maximum absolute atomic E-state index is 6.93. The lowest BCUT2D eigenvalue weighted by molar-refractivity contribution is 0.0777. The van der Waals surface area contributed by atoms with Gasteiger partial charge in [-0.2, -0.15) is 0 Å². The second-order valence-corrected chi connectivity index (χ2v) is 7.50. The zero-order valence-electron chi connectivity index (χ0n) is 13.2. The van der Waals surface area contributed by atoms with Gasteiger partial charge in [-0.05, 0) is 54.7 Å². The Labute approximate surface area is 118 Å². The van der Waals surface area contributed by atoms with Gasteiger partial charge in [0.2, 0.25) is 0 Å². The molecule has 2 unspecified atom stereocenters. The van der Waals surface area contributed by atoms with Crippen LogP contribution < -0.4 is 5.73 Å². The van der Waals surface area contributed by atoms with Crippen molar-refractivity contribution in [2.75, 3.05) is 0 Å². The van der Waals surface area contributed by atoms with Gasteiger partial charge in [-0.25, -0.2) is 0 Å². The minimum Gasteiger partial charge on any atom is -0.321 e. The van der Waals surface area contributed by atoms with E-state index < -0.39 is 0 Å². The van der Waals surface area contributed by atoms with Crippen LogP contribution in [0.25, 0.3) is 0 Å². The first-order chi connectivity index (χ1) is 8.75. The van der Waals surface area contributed by atoms with Crippen molar-refractivity contribution in [3.63, 3.8) is 0 Å². The number of nitrogens with two attached hydrogens (primary N) is 1. The first-order valence-corrected chi connectivity index (χ1v) is 7.62. The van der Waals surface area contributed by atoms with Crippen molar-refractivity contribution >= 4 is 0 Å². The molecule has 0 amide bonds. The fraction of sp³-hybridized carbons (Fsp3) is 0.667. The van der Waals surface area contributed by atoms with Crippen LogP contribution in [0.15, 0.2) is 18.2 Å². The molecule has 1 aromatic rings. The molecule has 1 heteroatoms. The second kappa shape index (κ2) is 4.94. The first-order valence-electron chi connectivity index (χ1n) is 7.62. The molecule has 0 heterocycles. The molecule has 1 aliphatic rings. The van der Waals surface area contributed by atoms with Gasteiger partial charge < -0.3 is 5.73 Å². The van der Waals surface area contributed by atoms with Gasteiger partial charge in [0, 0.05) is 5.54 Å². The highest BCUT2D eigenvalue weighted by atomic mass is 14.8. The van der Waals surface area contributed by atoms with Crippen molar-refractivity contribution < 1.29 is 0 Å². The summed E-state index contributed by atoms with van der Waals surface area (Å²) in [6.07, 6.45) is 4.96. The first kappa shape index (κ1) is 14.6. The molecule has 0 spiro atoms. The van der Waals surface area contributed by atoms with Crippen molar-refractivity contribution in [2.24, 2.45) is 17.1 Å². The molecule has 0 bridgehead atoms. The molecule has 1 fully saturated rings. The molecule has 2 rings (SSSR count). The van der Waals surface area contributed by atoms with Gasteiger partial charge in [-0.15, -0.1) is 0 Å². The van der Waals surface area contributed by atoms with Gasteiger partial charge in [0.15, 0.2) is 0 Å². The summed E-state index contributed by atoms with van der Waals surface area (Å²) in [7, 11) is 0. The average molecular weight is 259 g/mol. The Morgan fingerprint density at radius 2 is 1.79 bits per heavy atom. The molecule has 2 N–H and O–H groups in total. The number of hydrogen-bond donors (Lipinski definition) is 1. The van der Waals surface area contributed by atoms with Gasteiger partial charge >= 0.3 is 0 Å². The van der Waals surface area contributed by atoms with E-state index in [2.05, 4.69) is 52.8 Å². The molecular weight excluding hydrogens is 230 g/mol.